The van der Waals surface area contributed by atoms with Crippen LogP contribution in [0.1, 0.15) is 65.1 Å². The normalized spacial score (nSPS) is 13.8. The van der Waals surface area contributed by atoms with Crippen LogP contribution in [-0.4, -0.2) is 60.6 Å². The van der Waals surface area contributed by atoms with E-state index in [2.05, 4.69) is 15.4 Å². The van der Waals surface area contributed by atoms with E-state index in [-0.39, 0.29) is 19.0 Å². The van der Waals surface area contributed by atoms with Gasteiger partial charge in [0, 0.05) is 6.54 Å². The van der Waals surface area contributed by atoms with Crippen molar-refractivity contribution in [3.05, 3.63) is 35.4 Å². The van der Waals surface area contributed by atoms with Gasteiger partial charge in [-0.2, -0.15) is 0 Å². The summed E-state index contributed by atoms with van der Waals surface area (Å²) in [5, 5.41) is 5.25. The topological polar surface area (TPSA) is 114 Å². The Kier molecular flexibility index (Phi) is 11.0. The third-order valence-electron chi connectivity index (χ3n) is 5.33. The number of carbonyl (C=O) groups is 4. The number of nitrogens with zero attached hydrogens (tertiary/aromatic N) is 1. The fourth-order valence-corrected chi connectivity index (χ4v) is 3.40. The summed E-state index contributed by atoms with van der Waals surface area (Å²) in [4.78, 5) is 52.5. The maximum Gasteiger partial charge on any atom is 0.408 e. The molecule has 0 fully saturated rings. The predicted octanol–water partition coefficient (Wildman–Crippen LogP) is 3.11. The number of alkyl carbamates (subject to hydrolysis) is 1. The highest BCUT2D eigenvalue weighted by atomic mass is 16.6. The van der Waals surface area contributed by atoms with Crippen molar-refractivity contribution in [2.24, 2.45) is 5.92 Å². The van der Waals surface area contributed by atoms with E-state index in [1.165, 1.54) is 12.0 Å². The molecular weight excluding hydrogens is 438 g/mol. The van der Waals surface area contributed by atoms with Crippen molar-refractivity contribution in [2.75, 3.05) is 20.2 Å². The minimum absolute atomic E-state index is 0.200. The Morgan fingerprint density at radius 3 is 2.26 bits per heavy atom. The van der Waals surface area contributed by atoms with E-state index in [1.807, 2.05) is 32.9 Å². The first-order valence-corrected chi connectivity index (χ1v) is 11.6. The van der Waals surface area contributed by atoms with Gasteiger partial charge >= 0.3 is 12.1 Å². The summed E-state index contributed by atoms with van der Waals surface area (Å²) in [5.74, 6) is -1.76. The molecule has 1 aromatic carbocycles. The molecule has 34 heavy (non-hydrogen) atoms. The van der Waals surface area contributed by atoms with E-state index in [0.717, 1.165) is 5.56 Å². The average Bonchev–Trinajstić information content (AvgIpc) is 2.76. The summed E-state index contributed by atoms with van der Waals surface area (Å²) in [7, 11) is 1.23. The van der Waals surface area contributed by atoms with Gasteiger partial charge in [0.1, 0.15) is 24.2 Å². The molecule has 0 aliphatic heterocycles. The highest BCUT2D eigenvalue weighted by Crippen LogP contribution is 2.25. The van der Waals surface area contributed by atoms with Crippen molar-refractivity contribution in [1.29, 1.82) is 0 Å². The third-order valence-corrected chi connectivity index (χ3v) is 5.33. The zero-order valence-corrected chi connectivity index (χ0v) is 21.6. The largest absolute Gasteiger partial charge is 0.468 e. The highest BCUT2D eigenvalue weighted by Gasteiger charge is 2.37. The molecule has 1 aromatic rings. The minimum atomic E-state index is -1.01. The Morgan fingerprint density at radius 2 is 1.76 bits per heavy atom. The van der Waals surface area contributed by atoms with E-state index < -0.39 is 41.6 Å². The van der Waals surface area contributed by atoms with Gasteiger partial charge in [-0.05, 0) is 46.1 Å². The van der Waals surface area contributed by atoms with Gasteiger partial charge < -0.3 is 25.0 Å². The van der Waals surface area contributed by atoms with Gasteiger partial charge in [-0.25, -0.2) is 4.79 Å². The van der Waals surface area contributed by atoms with E-state index >= 15 is 0 Å². The first-order valence-electron chi connectivity index (χ1n) is 11.6. The second-order valence-corrected chi connectivity index (χ2v) is 9.24. The number of hydrogen-bond acceptors (Lipinski definition) is 6. The lowest BCUT2D eigenvalue weighted by Gasteiger charge is -2.35. The quantitative estimate of drug-likeness (QED) is 0.501. The number of esters is 1. The van der Waals surface area contributed by atoms with Gasteiger partial charge in [-0.15, -0.1) is 0 Å². The summed E-state index contributed by atoms with van der Waals surface area (Å²) in [6.07, 6.45) is -0.0858. The Balaban J connectivity index is 3.36. The van der Waals surface area contributed by atoms with E-state index in [9.17, 15) is 19.2 Å². The highest BCUT2D eigenvalue weighted by molar-refractivity contribution is 5.93. The summed E-state index contributed by atoms with van der Waals surface area (Å²) < 4.78 is 9.97. The van der Waals surface area contributed by atoms with Crippen LogP contribution in [0.15, 0.2) is 24.3 Å². The van der Waals surface area contributed by atoms with Crippen molar-refractivity contribution in [3.63, 3.8) is 0 Å². The molecule has 0 aromatic heterocycles. The van der Waals surface area contributed by atoms with Gasteiger partial charge in [0.15, 0.2) is 0 Å². The molecule has 0 saturated carbocycles. The fourth-order valence-electron chi connectivity index (χ4n) is 3.40. The summed E-state index contributed by atoms with van der Waals surface area (Å²) in [6, 6.07) is 5.35. The predicted molar refractivity (Wildman–Crippen MR) is 129 cm³/mol. The van der Waals surface area contributed by atoms with Gasteiger partial charge in [-0.3, -0.25) is 14.4 Å². The second kappa shape index (κ2) is 13.0. The number of nitrogens with one attached hydrogen (secondary N) is 2. The molecule has 190 valence electrons. The molecule has 3 amide bonds. The Hall–Kier alpha value is -3.10. The number of carbonyl (C=O) groups excluding carboxylic acids is 4. The van der Waals surface area contributed by atoms with Gasteiger partial charge in [0.05, 0.1) is 7.11 Å². The lowest BCUT2D eigenvalue weighted by molar-refractivity contribution is -0.145. The lowest BCUT2D eigenvalue weighted by atomic mass is 9.95. The first kappa shape index (κ1) is 28.9. The molecule has 0 heterocycles. The van der Waals surface area contributed by atoms with Crippen LogP contribution in [0.25, 0.3) is 0 Å². The molecule has 0 bridgehead atoms. The number of ether oxygens (including phenoxy) is 2. The van der Waals surface area contributed by atoms with Crippen molar-refractivity contribution in [2.45, 2.75) is 72.6 Å². The molecule has 1 rings (SSSR count). The van der Waals surface area contributed by atoms with Crippen molar-refractivity contribution < 1.29 is 28.7 Å². The molecular formula is C25H39N3O6. The van der Waals surface area contributed by atoms with Crippen LogP contribution < -0.4 is 10.6 Å². The average molecular weight is 478 g/mol. The Labute approximate surface area is 202 Å². The van der Waals surface area contributed by atoms with E-state index in [1.54, 1.807) is 39.8 Å². The number of rotatable bonds is 10. The van der Waals surface area contributed by atoms with Crippen LogP contribution in [0.2, 0.25) is 0 Å². The van der Waals surface area contributed by atoms with Crippen LogP contribution in [0.3, 0.4) is 0 Å². The SMILES string of the molecule is CCC(C)C(NC(=O)OC(C)(C)C)C(=O)N(CC)C(C(=O)NCC(=O)OC)c1cccc(C)c1. The van der Waals surface area contributed by atoms with Crippen LogP contribution in [0, 0.1) is 12.8 Å². The van der Waals surface area contributed by atoms with Gasteiger partial charge in [0.25, 0.3) is 0 Å². The smallest absolute Gasteiger partial charge is 0.408 e. The van der Waals surface area contributed by atoms with Crippen molar-refractivity contribution in [3.8, 4) is 0 Å². The molecule has 3 unspecified atom stereocenters. The number of methoxy groups -OCH3 is 1. The molecule has 0 saturated heterocycles. The Bertz CT molecular complexity index is 864. The molecule has 0 aliphatic carbocycles. The number of likely N-dealkylation sites (N-methyl/N-ethyl adjacent to an activating group) is 1. The standard InChI is InChI=1S/C25H39N3O6/c1-9-17(4)20(27-24(32)34-25(5,6)7)23(31)28(10-2)21(18-13-11-12-16(3)14-18)22(30)26-15-19(29)33-8/h11-14,17,20-21H,9-10,15H2,1-8H3,(H,26,30)(H,27,32). The van der Waals surface area contributed by atoms with Gasteiger partial charge in [-0.1, -0.05) is 50.1 Å². The molecule has 0 radical (unpaired) electrons. The number of benzene rings is 1. The fraction of sp³-hybridized carbons (Fsp3) is 0.600. The number of aryl methyl sites for hydroxylation is 1. The van der Waals surface area contributed by atoms with Gasteiger partial charge in [0.2, 0.25) is 11.8 Å². The minimum Gasteiger partial charge on any atom is -0.468 e. The molecule has 2 N–H and O–H groups in total. The summed E-state index contributed by atoms with van der Waals surface area (Å²) >= 11 is 0. The lowest BCUT2D eigenvalue weighted by Crippen LogP contribution is -2.55. The molecule has 3 atom stereocenters. The monoisotopic (exact) mass is 477 g/mol. The zero-order chi connectivity index (χ0) is 26.1. The van der Waals surface area contributed by atoms with E-state index in [0.29, 0.717) is 12.0 Å². The first-order chi connectivity index (χ1) is 15.8. The molecule has 9 nitrogen and oxygen atoms in total. The third kappa shape index (κ3) is 8.68. The molecule has 0 aliphatic rings. The molecule has 9 heteroatoms. The summed E-state index contributed by atoms with van der Waals surface area (Å²) in [5.41, 5.74) is 0.782. The zero-order valence-electron chi connectivity index (χ0n) is 21.6. The van der Waals surface area contributed by atoms with Crippen LogP contribution in [0.5, 0.6) is 0 Å². The van der Waals surface area contributed by atoms with Crippen molar-refractivity contribution >= 4 is 23.9 Å². The molecule has 0 spiro atoms. The van der Waals surface area contributed by atoms with E-state index in [4.69, 9.17) is 4.74 Å². The summed E-state index contributed by atoms with van der Waals surface area (Å²) in [6.45, 7) is 12.5. The maximum absolute atomic E-state index is 13.8. The Morgan fingerprint density at radius 1 is 1.12 bits per heavy atom. The van der Waals surface area contributed by atoms with Crippen LogP contribution in [0.4, 0.5) is 4.79 Å². The number of amides is 3. The number of hydrogen-bond donors (Lipinski definition) is 2. The second-order valence-electron chi connectivity index (χ2n) is 9.24. The van der Waals surface area contributed by atoms with Crippen LogP contribution >= 0.6 is 0 Å². The maximum atomic E-state index is 13.8. The van der Waals surface area contributed by atoms with Crippen molar-refractivity contribution in [1.82, 2.24) is 15.5 Å². The van der Waals surface area contributed by atoms with Crippen LogP contribution in [-0.2, 0) is 23.9 Å².